The summed E-state index contributed by atoms with van der Waals surface area (Å²) in [6.07, 6.45) is 7.78. The van der Waals surface area contributed by atoms with Crippen LogP contribution in [0.2, 0.25) is 0 Å². The van der Waals surface area contributed by atoms with Gasteiger partial charge in [0.1, 0.15) is 5.75 Å². The van der Waals surface area contributed by atoms with E-state index in [-0.39, 0.29) is 0 Å². The van der Waals surface area contributed by atoms with Crippen molar-refractivity contribution in [1.82, 2.24) is 4.98 Å². The first-order valence-corrected chi connectivity index (χ1v) is 6.25. The van der Waals surface area contributed by atoms with Crippen LogP contribution in [0.3, 0.4) is 0 Å². The molecule has 0 bridgehead atoms. The van der Waals surface area contributed by atoms with E-state index in [1.54, 1.807) is 11.8 Å². The highest BCUT2D eigenvalue weighted by Crippen LogP contribution is 2.30. The normalized spacial score (nSPS) is 15.6. The molecule has 0 aliphatic heterocycles. The van der Waals surface area contributed by atoms with Gasteiger partial charge in [-0.2, -0.15) is 0 Å². The minimum absolute atomic E-state index is 0.460. The predicted molar refractivity (Wildman–Crippen MR) is 59.0 cm³/mol. The van der Waals surface area contributed by atoms with Crippen LogP contribution in [0.1, 0.15) is 25.3 Å². The summed E-state index contributed by atoms with van der Waals surface area (Å²) in [4.78, 5) is 4.32. The van der Waals surface area contributed by atoms with Gasteiger partial charge in [0.05, 0.1) is 17.3 Å². The Morgan fingerprint density at radius 3 is 2.93 bits per heavy atom. The van der Waals surface area contributed by atoms with Crippen molar-refractivity contribution >= 4 is 11.8 Å². The van der Waals surface area contributed by atoms with Gasteiger partial charge in [0.2, 0.25) is 0 Å². The number of hydrogen-bond acceptors (Lipinski definition) is 3. The van der Waals surface area contributed by atoms with E-state index in [0.717, 1.165) is 17.2 Å². The molecule has 3 heteroatoms. The maximum atomic E-state index is 5.78. The molecule has 0 N–H and O–H groups in total. The summed E-state index contributed by atoms with van der Waals surface area (Å²) in [5.74, 6) is 0.979. The molecule has 1 aromatic rings. The molecule has 1 aliphatic carbocycles. The molecule has 2 nitrogen and oxygen atoms in total. The van der Waals surface area contributed by atoms with E-state index in [1.165, 1.54) is 18.4 Å². The summed E-state index contributed by atoms with van der Waals surface area (Å²) in [7, 11) is 0. The third-order valence-corrected chi connectivity index (χ3v) is 2.97. The van der Waals surface area contributed by atoms with Gasteiger partial charge in [0.15, 0.2) is 0 Å². The van der Waals surface area contributed by atoms with E-state index in [2.05, 4.69) is 18.0 Å². The highest BCUT2D eigenvalue weighted by molar-refractivity contribution is 7.98. The van der Waals surface area contributed by atoms with E-state index in [9.17, 15) is 0 Å². The quantitative estimate of drug-likeness (QED) is 0.712. The third kappa shape index (κ3) is 2.21. The molecule has 0 spiro atoms. The van der Waals surface area contributed by atoms with Crippen LogP contribution in [0.4, 0.5) is 0 Å². The molecule has 1 fully saturated rings. The smallest absolute Gasteiger partial charge is 0.141 e. The van der Waals surface area contributed by atoms with Gasteiger partial charge in [-0.3, -0.25) is 0 Å². The second kappa shape index (κ2) is 4.22. The number of pyridine rings is 1. The molecule has 2 rings (SSSR count). The van der Waals surface area contributed by atoms with Crippen molar-refractivity contribution in [2.75, 3.05) is 6.26 Å². The lowest BCUT2D eigenvalue weighted by atomic mass is 10.2. The minimum atomic E-state index is 0.460. The Hall–Kier alpha value is -0.700. The molecule has 1 aromatic heterocycles. The number of thioether (sulfide) groups is 1. The van der Waals surface area contributed by atoms with Gasteiger partial charge in [-0.15, -0.1) is 11.8 Å². The molecule has 0 amide bonds. The van der Waals surface area contributed by atoms with Crippen molar-refractivity contribution in [3.05, 3.63) is 17.8 Å². The van der Waals surface area contributed by atoms with Gasteiger partial charge in [0.25, 0.3) is 0 Å². The minimum Gasteiger partial charge on any atom is -0.489 e. The Bertz CT molecular complexity index is 323. The Labute approximate surface area is 89.1 Å². The first kappa shape index (κ1) is 9.84. The molecular formula is C11H15NOS. The Morgan fingerprint density at radius 2 is 2.36 bits per heavy atom. The Morgan fingerprint density at radius 1 is 1.57 bits per heavy atom. The lowest BCUT2D eigenvalue weighted by Gasteiger charge is -2.09. The van der Waals surface area contributed by atoms with Gasteiger partial charge < -0.3 is 4.74 Å². The first-order chi connectivity index (χ1) is 6.83. The zero-order valence-electron chi connectivity index (χ0n) is 8.62. The molecule has 76 valence electrons. The molecule has 0 unspecified atom stereocenters. The van der Waals surface area contributed by atoms with Crippen LogP contribution in [-0.4, -0.2) is 17.3 Å². The van der Waals surface area contributed by atoms with Crippen molar-refractivity contribution in [1.29, 1.82) is 0 Å². The van der Waals surface area contributed by atoms with E-state index < -0.39 is 0 Å². The van der Waals surface area contributed by atoms with Crippen molar-refractivity contribution in [3.8, 4) is 5.75 Å². The van der Waals surface area contributed by atoms with Gasteiger partial charge in [-0.1, -0.05) is 6.92 Å². The Kier molecular flexibility index (Phi) is 2.96. The van der Waals surface area contributed by atoms with E-state index >= 15 is 0 Å². The summed E-state index contributed by atoms with van der Waals surface area (Å²) in [6.45, 7) is 2.15. The molecule has 0 radical (unpaired) electrons. The first-order valence-electron chi connectivity index (χ1n) is 5.03. The number of aromatic nitrogens is 1. The van der Waals surface area contributed by atoms with Crippen LogP contribution in [0.15, 0.2) is 17.3 Å². The molecule has 1 aliphatic rings. The fraction of sp³-hybridized carbons (Fsp3) is 0.545. The molecular weight excluding hydrogens is 194 g/mol. The summed E-state index contributed by atoms with van der Waals surface area (Å²) >= 11 is 1.67. The maximum Gasteiger partial charge on any atom is 0.141 e. The van der Waals surface area contributed by atoms with Crippen LogP contribution in [0.25, 0.3) is 0 Å². The fourth-order valence-corrected chi connectivity index (χ4v) is 1.74. The molecule has 14 heavy (non-hydrogen) atoms. The summed E-state index contributed by atoms with van der Waals surface area (Å²) < 4.78 is 5.78. The molecule has 1 heterocycles. The van der Waals surface area contributed by atoms with Gasteiger partial charge in [0, 0.05) is 0 Å². The SMILES string of the molecule is CCc1cc(SC)ncc1OC1CC1. The van der Waals surface area contributed by atoms with Crippen LogP contribution >= 0.6 is 11.8 Å². The molecule has 0 atom stereocenters. The Balaban J connectivity index is 2.19. The second-order valence-electron chi connectivity index (χ2n) is 3.51. The van der Waals surface area contributed by atoms with Crippen LogP contribution < -0.4 is 4.74 Å². The fourth-order valence-electron chi connectivity index (χ4n) is 1.32. The van der Waals surface area contributed by atoms with E-state index in [0.29, 0.717) is 6.10 Å². The second-order valence-corrected chi connectivity index (χ2v) is 4.33. The highest BCUT2D eigenvalue weighted by Gasteiger charge is 2.24. The number of nitrogens with zero attached hydrogens (tertiary/aromatic N) is 1. The van der Waals surface area contributed by atoms with Crippen LogP contribution in [0.5, 0.6) is 5.75 Å². The van der Waals surface area contributed by atoms with E-state index in [4.69, 9.17) is 4.74 Å². The molecule has 1 saturated carbocycles. The van der Waals surface area contributed by atoms with Crippen molar-refractivity contribution < 1.29 is 4.74 Å². The lowest BCUT2D eigenvalue weighted by Crippen LogP contribution is -2.00. The van der Waals surface area contributed by atoms with E-state index in [1.807, 2.05) is 12.5 Å². The van der Waals surface area contributed by atoms with Crippen LogP contribution in [0, 0.1) is 0 Å². The standard InChI is InChI=1S/C11H15NOS/c1-3-8-6-11(14-2)12-7-10(8)13-9-4-5-9/h6-7,9H,3-5H2,1-2H3. The van der Waals surface area contributed by atoms with Crippen molar-refractivity contribution in [2.45, 2.75) is 37.3 Å². The third-order valence-electron chi connectivity index (χ3n) is 2.33. The van der Waals surface area contributed by atoms with Gasteiger partial charge >= 0.3 is 0 Å². The highest BCUT2D eigenvalue weighted by atomic mass is 32.2. The largest absolute Gasteiger partial charge is 0.489 e. The zero-order valence-corrected chi connectivity index (χ0v) is 9.43. The molecule has 0 aromatic carbocycles. The summed E-state index contributed by atoms with van der Waals surface area (Å²) in [5, 5.41) is 1.07. The maximum absolute atomic E-state index is 5.78. The number of rotatable bonds is 4. The summed E-state index contributed by atoms with van der Waals surface area (Å²) in [6, 6.07) is 2.13. The van der Waals surface area contributed by atoms with Crippen LogP contribution in [-0.2, 0) is 6.42 Å². The van der Waals surface area contributed by atoms with Gasteiger partial charge in [-0.25, -0.2) is 4.98 Å². The average Bonchev–Trinajstić information content (AvgIpc) is 3.02. The average molecular weight is 209 g/mol. The number of aryl methyl sites for hydroxylation is 1. The molecule has 0 saturated heterocycles. The lowest BCUT2D eigenvalue weighted by molar-refractivity contribution is 0.298. The zero-order chi connectivity index (χ0) is 9.97. The number of hydrogen-bond donors (Lipinski definition) is 0. The number of ether oxygens (including phenoxy) is 1. The topological polar surface area (TPSA) is 22.1 Å². The monoisotopic (exact) mass is 209 g/mol. The van der Waals surface area contributed by atoms with Crippen molar-refractivity contribution in [2.24, 2.45) is 0 Å². The van der Waals surface area contributed by atoms with Gasteiger partial charge in [-0.05, 0) is 37.1 Å². The predicted octanol–water partition coefficient (Wildman–Crippen LogP) is 2.91. The summed E-state index contributed by atoms with van der Waals surface area (Å²) in [5.41, 5.74) is 1.27. The van der Waals surface area contributed by atoms with Crippen molar-refractivity contribution in [3.63, 3.8) is 0 Å².